The summed E-state index contributed by atoms with van der Waals surface area (Å²) >= 11 is 0. The molecule has 0 saturated carbocycles. The molecule has 6 N–H and O–H groups in total. The highest BCUT2D eigenvalue weighted by Gasteiger charge is 2.33. The average molecular weight is 162 g/mol. The molecule has 0 radical (unpaired) electrons. The molecule has 0 aromatic heterocycles. The van der Waals surface area contributed by atoms with Crippen molar-refractivity contribution in [2.45, 2.75) is 31.0 Å². The van der Waals surface area contributed by atoms with Gasteiger partial charge in [0.15, 0.2) is 6.29 Å². The van der Waals surface area contributed by atoms with Crippen LogP contribution >= 0.6 is 0 Å². The van der Waals surface area contributed by atoms with Gasteiger partial charge < -0.3 is 26.4 Å². The van der Waals surface area contributed by atoms with Gasteiger partial charge in [-0.3, -0.25) is 0 Å². The molecule has 0 spiro atoms. The van der Waals surface area contributed by atoms with Gasteiger partial charge in [-0.25, -0.2) is 0 Å². The van der Waals surface area contributed by atoms with Crippen LogP contribution in [0.2, 0.25) is 0 Å². The summed E-state index contributed by atoms with van der Waals surface area (Å²) in [5, 5.41) is 18.3. The van der Waals surface area contributed by atoms with E-state index >= 15 is 0 Å². The Hall–Kier alpha value is -0.200. The predicted octanol–water partition coefficient (Wildman–Crippen LogP) is -2.26. The Balaban J connectivity index is 2.51. The summed E-state index contributed by atoms with van der Waals surface area (Å²) in [7, 11) is 0. The highest BCUT2D eigenvalue weighted by Crippen LogP contribution is 2.16. The molecule has 1 saturated heterocycles. The normalized spacial score (nSPS) is 45.8. The molecule has 0 unspecified atom stereocenters. The molecule has 5 nitrogen and oxygen atoms in total. The van der Waals surface area contributed by atoms with Gasteiger partial charge >= 0.3 is 0 Å². The average Bonchev–Trinajstić information content (AvgIpc) is 1.96. The Morgan fingerprint density at radius 3 is 2.64 bits per heavy atom. The van der Waals surface area contributed by atoms with Crippen molar-refractivity contribution in [2.24, 2.45) is 11.5 Å². The van der Waals surface area contributed by atoms with Crippen LogP contribution in [0, 0.1) is 0 Å². The van der Waals surface area contributed by atoms with E-state index in [0.29, 0.717) is 0 Å². The molecule has 1 aliphatic rings. The first kappa shape index (κ1) is 8.89. The molecule has 66 valence electrons. The molecular weight excluding hydrogens is 148 g/mol. The Bertz CT molecular complexity index is 133. The number of aliphatic hydroxyl groups excluding tert-OH is 2. The van der Waals surface area contributed by atoms with Crippen molar-refractivity contribution < 1.29 is 14.9 Å². The van der Waals surface area contributed by atoms with Crippen LogP contribution in [0.15, 0.2) is 0 Å². The number of aliphatic hydroxyl groups is 2. The summed E-state index contributed by atoms with van der Waals surface area (Å²) in [4.78, 5) is 0. The van der Waals surface area contributed by atoms with E-state index in [4.69, 9.17) is 21.3 Å². The molecule has 0 bridgehead atoms. The molecule has 0 amide bonds. The highest BCUT2D eigenvalue weighted by molar-refractivity contribution is 4.85. The zero-order chi connectivity index (χ0) is 8.43. The lowest BCUT2D eigenvalue weighted by Crippen LogP contribution is -2.54. The van der Waals surface area contributed by atoms with E-state index in [-0.39, 0.29) is 13.0 Å². The van der Waals surface area contributed by atoms with Crippen molar-refractivity contribution in [1.82, 2.24) is 0 Å². The van der Waals surface area contributed by atoms with Crippen LogP contribution in [0.3, 0.4) is 0 Å². The zero-order valence-corrected chi connectivity index (χ0v) is 6.18. The molecule has 1 heterocycles. The first-order chi connectivity index (χ1) is 5.15. The molecule has 0 aliphatic carbocycles. The van der Waals surface area contributed by atoms with Gasteiger partial charge in [0.25, 0.3) is 0 Å². The Kier molecular flexibility index (Phi) is 2.80. The number of rotatable bonds is 1. The Morgan fingerprint density at radius 1 is 1.45 bits per heavy atom. The molecule has 1 fully saturated rings. The largest absolute Gasteiger partial charge is 0.389 e. The third-order valence-electron chi connectivity index (χ3n) is 1.86. The van der Waals surface area contributed by atoms with Crippen molar-refractivity contribution in [3.63, 3.8) is 0 Å². The van der Waals surface area contributed by atoms with Crippen molar-refractivity contribution in [3.8, 4) is 0 Å². The lowest BCUT2D eigenvalue weighted by Gasteiger charge is -2.34. The van der Waals surface area contributed by atoms with Gasteiger partial charge in [0.2, 0.25) is 0 Å². The molecule has 1 aliphatic heterocycles. The summed E-state index contributed by atoms with van der Waals surface area (Å²) in [6, 6.07) is -0.438. The van der Waals surface area contributed by atoms with Crippen molar-refractivity contribution in [3.05, 3.63) is 0 Å². The van der Waals surface area contributed by atoms with E-state index in [9.17, 15) is 5.11 Å². The lowest BCUT2D eigenvalue weighted by atomic mass is 10.00. The van der Waals surface area contributed by atoms with Crippen LogP contribution in [0.4, 0.5) is 0 Å². The molecule has 4 atom stereocenters. The van der Waals surface area contributed by atoms with E-state index in [1.165, 1.54) is 0 Å². The van der Waals surface area contributed by atoms with Gasteiger partial charge in [-0.1, -0.05) is 0 Å². The summed E-state index contributed by atoms with van der Waals surface area (Å²) in [6.45, 7) is 0.173. The van der Waals surface area contributed by atoms with Crippen molar-refractivity contribution in [1.29, 1.82) is 0 Å². The van der Waals surface area contributed by atoms with Gasteiger partial charge in [0, 0.05) is 19.0 Å². The van der Waals surface area contributed by atoms with Crippen LogP contribution in [0.1, 0.15) is 6.42 Å². The zero-order valence-electron chi connectivity index (χ0n) is 6.18. The maximum atomic E-state index is 9.31. The van der Waals surface area contributed by atoms with Gasteiger partial charge in [0.05, 0.1) is 6.10 Å². The third kappa shape index (κ3) is 1.88. The first-order valence-corrected chi connectivity index (χ1v) is 3.62. The maximum Gasteiger partial charge on any atom is 0.156 e. The van der Waals surface area contributed by atoms with Crippen LogP contribution in [-0.4, -0.2) is 41.3 Å². The lowest BCUT2D eigenvalue weighted by molar-refractivity contribution is -0.201. The highest BCUT2D eigenvalue weighted by atomic mass is 16.6. The van der Waals surface area contributed by atoms with E-state index in [0.717, 1.165) is 0 Å². The van der Waals surface area contributed by atoms with Crippen LogP contribution in [0.25, 0.3) is 0 Å². The maximum absolute atomic E-state index is 9.31. The SMILES string of the molecule is NC[C@H]1O[C@H](O)C[C@H](N)[C@@H]1O. The second-order valence-corrected chi connectivity index (χ2v) is 2.76. The van der Waals surface area contributed by atoms with E-state index in [2.05, 4.69) is 0 Å². The van der Waals surface area contributed by atoms with E-state index in [1.807, 2.05) is 0 Å². The monoisotopic (exact) mass is 162 g/mol. The predicted molar refractivity (Wildman–Crippen MR) is 38.5 cm³/mol. The Morgan fingerprint density at radius 2 is 2.09 bits per heavy atom. The van der Waals surface area contributed by atoms with Gasteiger partial charge in [-0.05, 0) is 0 Å². The number of nitrogens with two attached hydrogens (primary N) is 2. The van der Waals surface area contributed by atoms with Gasteiger partial charge in [0.1, 0.15) is 6.10 Å². The number of hydrogen-bond acceptors (Lipinski definition) is 5. The second-order valence-electron chi connectivity index (χ2n) is 2.76. The minimum Gasteiger partial charge on any atom is -0.389 e. The fourth-order valence-electron chi connectivity index (χ4n) is 1.18. The van der Waals surface area contributed by atoms with Gasteiger partial charge in [-0.15, -0.1) is 0 Å². The standard InChI is InChI=1S/C6H14N2O3/c7-2-4-6(10)3(8)1-5(9)11-4/h3-6,9-10H,1-2,7-8H2/t3-,4+,5-,6-/m0/s1. The minimum atomic E-state index is -0.887. The third-order valence-corrected chi connectivity index (χ3v) is 1.86. The minimum absolute atomic E-state index is 0.173. The molecule has 1 rings (SSSR count). The topological polar surface area (TPSA) is 102 Å². The number of ether oxygens (including phenoxy) is 1. The van der Waals surface area contributed by atoms with Crippen molar-refractivity contribution >= 4 is 0 Å². The Labute approximate surface area is 64.9 Å². The molecule has 11 heavy (non-hydrogen) atoms. The smallest absolute Gasteiger partial charge is 0.156 e. The fraction of sp³-hybridized carbons (Fsp3) is 1.00. The quantitative estimate of drug-likeness (QED) is 0.348. The summed E-state index contributed by atoms with van der Waals surface area (Å²) in [5.74, 6) is 0. The molecular formula is C6H14N2O3. The summed E-state index contributed by atoms with van der Waals surface area (Å²) in [5.41, 5.74) is 10.8. The van der Waals surface area contributed by atoms with Crippen LogP contribution < -0.4 is 11.5 Å². The van der Waals surface area contributed by atoms with E-state index in [1.54, 1.807) is 0 Å². The summed E-state index contributed by atoms with van der Waals surface area (Å²) in [6.07, 6.45) is -1.92. The second kappa shape index (κ2) is 3.46. The van der Waals surface area contributed by atoms with Crippen LogP contribution in [-0.2, 0) is 4.74 Å². The molecule has 0 aromatic carbocycles. The van der Waals surface area contributed by atoms with Gasteiger partial charge in [-0.2, -0.15) is 0 Å². The first-order valence-electron chi connectivity index (χ1n) is 3.62. The fourth-order valence-corrected chi connectivity index (χ4v) is 1.18. The molecule has 5 heteroatoms. The summed E-state index contributed by atoms with van der Waals surface area (Å²) < 4.78 is 4.92. The van der Waals surface area contributed by atoms with Crippen LogP contribution in [0.5, 0.6) is 0 Å². The van der Waals surface area contributed by atoms with E-state index < -0.39 is 24.5 Å². The molecule has 0 aromatic rings. The number of hydrogen-bond donors (Lipinski definition) is 4. The van der Waals surface area contributed by atoms with Crippen molar-refractivity contribution in [2.75, 3.05) is 6.54 Å².